The van der Waals surface area contributed by atoms with Gasteiger partial charge in [-0.3, -0.25) is 4.79 Å². The lowest BCUT2D eigenvalue weighted by atomic mass is 10.0. The van der Waals surface area contributed by atoms with Crippen molar-refractivity contribution in [3.05, 3.63) is 0 Å². The van der Waals surface area contributed by atoms with E-state index in [1.165, 1.54) is 0 Å². The second kappa shape index (κ2) is 5.09. The van der Waals surface area contributed by atoms with Crippen LogP contribution in [0.5, 0.6) is 0 Å². The predicted molar refractivity (Wildman–Crippen MR) is 54.0 cm³/mol. The summed E-state index contributed by atoms with van der Waals surface area (Å²) in [5.41, 5.74) is -0.925. The molecule has 2 unspecified atom stereocenters. The summed E-state index contributed by atoms with van der Waals surface area (Å²) in [5, 5.41) is 12.6. The van der Waals surface area contributed by atoms with E-state index in [1.54, 1.807) is 0 Å². The van der Waals surface area contributed by atoms with Crippen molar-refractivity contribution >= 4 is 5.91 Å². The zero-order valence-electron chi connectivity index (χ0n) is 9.11. The zero-order chi connectivity index (χ0) is 11.4. The van der Waals surface area contributed by atoms with Gasteiger partial charge in [0.2, 0.25) is 0 Å². The first-order valence-electron chi connectivity index (χ1n) is 5.47. The summed E-state index contributed by atoms with van der Waals surface area (Å²) in [6, 6.07) is 0. The summed E-state index contributed by atoms with van der Waals surface area (Å²) in [4.78, 5) is 11.6. The quantitative estimate of drug-likeness (QED) is 0.629. The summed E-state index contributed by atoms with van der Waals surface area (Å²) in [7, 11) is 0. The molecular formula is C10H17NO5. The van der Waals surface area contributed by atoms with Crippen molar-refractivity contribution in [3.8, 4) is 0 Å². The van der Waals surface area contributed by atoms with Gasteiger partial charge >= 0.3 is 0 Å². The first kappa shape index (κ1) is 11.8. The molecule has 0 aromatic carbocycles. The molecule has 6 nitrogen and oxygen atoms in total. The van der Waals surface area contributed by atoms with Gasteiger partial charge in [0.15, 0.2) is 6.10 Å². The van der Waals surface area contributed by atoms with Crippen molar-refractivity contribution in [3.63, 3.8) is 0 Å². The van der Waals surface area contributed by atoms with Crippen LogP contribution in [0.15, 0.2) is 0 Å². The Morgan fingerprint density at radius 2 is 2.25 bits per heavy atom. The second-order valence-corrected chi connectivity index (χ2v) is 4.18. The molecule has 0 saturated carbocycles. The fourth-order valence-electron chi connectivity index (χ4n) is 1.74. The van der Waals surface area contributed by atoms with Crippen molar-refractivity contribution in [2.45, 2.75) is 18.1 Å². The summed E-state index contributed by atoms with van der Waals surface area (Å²) < 4.78 is 15.4. The van der Waals surface area contributed by atoms with Crippen LogP contribution < -0.4 is 5.32 Å². The van der Waals surface area contributed by atoms with E-state index in [2.05, 4.69) is 5.32 Å². The zero-order valence-corrected chi connectivity index (χ0v) is 9.11. The van der Waals surface area contributed by atoms with Crippen LogP contribution >= 0.6 is 0 Å². The molecule has 2 heterocycles. The number of ether oxygens (including phenoxy) is 3. The highest BCUT2D eigenvalue weighted by Crippen LogP contribution is 2.17. The topological polar surface area (TPSA) is 77.0 Å². The Balaban J connectivity index is 1.74. The molecule has 0 bridgehead atoms. The maximum absolute atomic E-state index is 11.6. The number of rotatable bonds is 3. The summed E-state index contributed by atoms with van der Waals surface area (Å²) in [5.74, 6) is -0.236. The Labute approximate surface area is 93.9 Å². The van der Waals surface area contributed by atoms with Gasteiger partial charge in [-0.25, -0.2) is 0 Å². The first-order valence-corrected chi connectivity index (χ1v) is 5.47. The second-order valence-electron chi connectivity index (χ2n) is 4.18. The van der Waals surface area contributed by atoms with Crippen LogP contribution in [0.4, 0.5) is 0 Å². The highest BCUT2D eigenvalue weighted by atomic mass is 16.6. The number of amides is 1. The van der Waals surface area contributed by atoms with Crippen molar-refractivity contribution < 1.29 is 24.1 Å². The minimum atomic E-state index is -0.925. The average Bonchev–Trinajstić information content (AvgIpc) is 2.75. The molecule has 2 fully saturated rings. The number of nitrogens with one attached hydrogen (secondary N) is 1. The summed E-state index contributed by atoms with van der Waals surface area (Å²) in [6.07, 6.45) is -0.00496. The van der Waals surface area contributed by atoms with E-state index in [4.69, 9.17) is 14.2 Å². The van der Waals surface area contributed by atoms with E-state index in [9.17, 15) is 9.90 Å². The number of carbonyl (C=O) groups excluding carboxylic acids is 1. The molecule has 6 heteroatoms. The normalized spacial score (nSPS) is 34.9. The third kappa shape index (κ3) is 2.91. The monoisotopic (exact) mass is 231 g/mol. The van der Waals surface area contributed by atoms with Crippen LogP contribution in [0, 0.1) is 0 Å². The smallest absolute Gasteiger partial charge is 0.251 e. The van der Waals surface area contributed by atoms with Crippen LogP contribution in [0.25, 0.3) is 0 Å². The van der Waals surface area contributed by atoms with Crippen molar-refractivity contribution in [2.24, 2.45) is 0 Å². The van der Waals surface area contributed by atoms with E-state index in [0.29, 0.717) is 26.2 Å². The molecule has 0 aromatic heterocycles. The van der Waals surface area contributed by atoms with Crippen LogP contribution in [0.1, 0.15) is 6.42 Å². The summed E-state index contributed by atoms with van der Waals surface area (Å²) in [6.45, 7) is 2.25. The number of hydrogen-bond donors (Lipinski definition) is 2. The molecule has 16 heavy (non-hydrogen) atoms. The largest absolute Gasteiger partial charge is 0.386 e. The van der Waals surface area contributed by atoms with Gasteiger partial charge in [0.1, 0.15) is 5.60 Å². The van der Waals surface area contributed by atoms with Gasteiger partial charge in [0.05, 0.1) is 26.4 Å². The predicted octanol–water partition coefficient (Wildman–Crippen LogP) is -1.33. The van der Waals surface area contributed by atoms with Crippen molar-refractivity contribution in [1.82, 2.24) is 5.32 Å². The minimum absolute atomic E-state index is 0.200. The first-order chi connectivity index (χ1) is 7.70. The Morgan fingerprint density at radius 1 is 1.38 bits per heavy atom. The Bertz CT molecular complexity index is 246. The molecule has 92 valence electrons. The molecule has 2 atom stereocenters. The molecule has 2 saturated heterocycles. The SMILES string of the molecule is O=C(NCC1(O)CCOC1)C1COCCO1. The van der Waals surface area contributed by atoms with E-state index >= 15 is 0 Å². The molecule has 0 radical (unpaired) electrons. The third-order valence-corrected chi connectivity index (χ3v) is 2.78. The van der Waals surface area contributed by atoms with E-state index in [-0.39, 0.29) is 25.7 Å². The highest BCUT2D eigenvalue weighted by molar-refractivity contribution is 5.81. The van der Waals surface area contributed by atoms with Crippen LogP contribution in [-0.4, -0.2) is 62.3 Å². The van der Waals surface area contributed by atoms with Crippen molar-refractivity contribution in [2.75, 3.05) is 39.6 Å². The van der Waals surface area contributed by atoms with Crippen molar-refractivity contribution in [1.29, 1.82) is 0 Å². The van der Waals surface area contributed by atoms with E-state index in [1.807, 2.05) is 0 Å². The van der Waals surface area contributed by atoms with Crippen LogP contribution in [-0.2, 0) is 19.0 Å². The lowest BCUT2D eigenvalue weighted by Gasteiger charge is -2.25. The molecule has 1 amide bonds. The number of carbonyl (C=O) groups is 1. The van der Waals surface area contributed by atoms with Gasteiger partial charge in [-0.15, -0.1) is 0 Å². The average molecular weight is 231 g/mol. The van der Waals surface area contributed by atoms with Gasteiger partial charge in [-0.1, -0.05) is 0 Å². The molecule has 0 spiro atoms. The van der Waals surface area contributed by atoms with E-state index < -0.39 is 11.7 Å². The maximum atomic E-state index is 11.6. The fourth-order valence-corrected chi connectivity index (χ4v) is 1.74. The molecular weight excluding hydrogens is 214 g/mol. The standard InChI is InChI=1S/C10H17NO5/c12-9(8-5-14-3-4-16-8)11-6-10(13)1-2-15-7-10/h8,13H,1-7H2,(H,11,12). The Hall–Kier alpha value is -0.690. The van der Waals surface area contributed by atoms with Gasteiger partial charge < -0.3 is 24.6 Å². The number of aliphatic hydroxyl groups is 1. The molecule has 2 aliphatic heterocycles. The van der Waals surface area contributed by atoms with Gasteiger partial charge in [-0.05, 0) is 0 Å². The highest BCUT2D eigenvalue weighted by Gasteiger charge is 2.33. The maximum Gasteiger partial charge on any atom is 0.251 e. The lowest BCUT2D eigenvalue weighted by Crippen LogP contribution is -2.49. The molecule has 0 aliphatic carbocycles. The Morgan fingerprint density at radius 3 is 2.88 bits per heavy atom. The molecule has 0 aromatic rings. The van der Waals surface area contributed by atoms with Gasteiger partial charge in [0, 0.05) is 19.6 Å². The van der Waals surface area contributed by atoms with E-state index in [0.717, 1.165) is 0 Å². The van der Waals surface area contributed by atoms with Gasteiger partial charge in [-0.2, -0.15) is 0 Å². The molecule has 2 rings (SSSR count). The Kier molecular flexibility index (Phi) is 3.75. The third-order valence-electron chi connectivity index (χ3n) is 2.78. The minimum Gasteiger partial charge on any atom is -0.386 e. The molecule has 2 aliphatic rings. The summed E-state index contributed by atoms with van der Waals surface area (Å²) >= 11 is 0. The van der Waals surface area contributed by atoms with Crippen LogP contribution in [0.3, 0.4) is 0 Å². The number of hydrogen-bond acceptors (Lipinski definition) is 5. The van der Waals surface area contributed by atoms with Gasteiger partial charge in [0.25, 0.3) is 5.91 Å². The molecule has 2 N–H and O–H groups in total. The van der Waals surface area contributed by atoms with Crippen LogP contribution in [0.2, 0.25) is 0 Å². The fraction of sp³-hybridized carbons (Fsp3) is 0.900. The lowest BCUT2D eigenvalue weighted by molar-refractivity contribution is -0.148.